The van der Waals surface area contributed by atoms with Crippen molar-refractivity contribution >= 4 is 27.6 Å². The van der Waals surface area contributed by atoms with Gasteiger partial charge in [-0.3, -0.25) is 0 Å². The molecule has 0 aliphatic rings. The van der Waals surface area contributed by atoms with Crippen LogP contribution in [0.5, 0.6) is 0 Å². The largest absolute Gasteiger partial charge is 0.459 e. The number of rotatable bonds is 3. The minimum Gasteiger partial charge on any atom is -0.459 e. The van der Waals surface area contributed by atoms with Gasteiger partial charge in [0, 0.05) is 5.02 Å². The van der Waals surface area contributed by atoms with Crippen molar-refractivity contribution in [1.82, 2.24) is 0 Å². The van der Waals surface area contributed by atoms with E-state index in [1.54, 1.807) is 13.8 Å². The molecule has 0 aliphatic carbocycles. The van der Waals surface area contributed by atoms with Crippen molar-refractivity contribution < 1.29 is 22.3 Å². The molecule has 0 fully saturated rings. The molecule has 18 heavy (non-hydrogen) atoms. The van der Waals surface area contributed by atoms with E-state index in [0.29, 0.717) is 0 Å². The van der Waals surface area contributed by atoms with Gasteiger partial charge >= 0.3 is 5.97 Å². The number of nitrogens with two attached hydrogens (primary N) is 1. The summed E-state index contributed by atoms with van der Waals surface area (Å²) in [6.45, 7) is 3.14. The van der Waals surface area contributed by atoms with E-state index in [4.69, 9.17) is 21.5 Å². The Hall–Kier alpha value is -1.18. The first-order valence-corrected chi connectivity index (χ1v) is 6.78. The number of halogens is 2. The minimum absolute atomic E-state index is 0.129. The summed E-state index contributed by atoms with van der Waals surface area (Å²) in [6.07, 6.45) is -0.478. The van der Waals surface area contributed by atoms with Crippen LogP contribution in [0.25, 0.3) is 0 Å². The van der Waals surface area contributed by atoms with E-state index in [1.807, 2.05) is 0 Å². The fraction of sp³-hybridized carbons (Fsp3) is 0.300. The van der Waals surface area contributed by atoms with Gasteiger partial charge in [0.05, 0.1) is 11.7 Å². The van der Waals surface area contributed by atoms with Gasteiger partial charge in [0.15, 0.2) is 5.82 Å². The van der Waals surface area contributed by atoms with Crippen molar-refractivity contribution in [2.24, 2.45) is 5.14 Å². The molecule has 0 radical (unpaired) electrons. The van der Waals surface area contributed by atoms with E-state index in [-0.39, 0.29) is 5.02 Å². The average molecular weight is 296 g/mol. The zero-order chi connectivity index (χ0) is 14.1. The number of ether oxygens (including phenoxy) is 1. The Balaban J connectivity index is 3.39. The lowest BCUT2D eigenvalue weighted by Gasteiger charge is -2.10. The van der Waals surface area contributed by atoms with Gasteiger partial charge in [0.25, 0.3) is 0 Å². The van der Waals surface area contributed by atoms with E-state index in [1.165, 1.54) is 0 Å². The summed E-state index contributed by atoms with van der Waals surface area (Å²) in [6, 6.07) is 1.81. The quantitative estimate of drug-likeness (QED) is 0.860. The van der Waals surface area contributed by atoms with Gasteiger partial charge in [-0.1, -0.05) is 11.6 Å². The third-order valence-electron chi connectivity index (χ3n) is 1.87. The zero-order valence-electron chi connectivity index (χ0n) is 9.61. The fourth-order valence-electron chi connectivity index (χ4n) is 1.20. The molecule has 0 amide bonds. The summed E-state index contributed by atoms with van der Waals surface area (Å²) in [5, 5.41) is 4.69. The van der Waals surface area contributed by atoms with Gasteiger partial charge in [-0.05, 0) is 26.0 Å². The van der Waals surface area contributed by atoms with Crippen LogP contribution in [0.1, 0.15) is 24.2 Å². The Morgan fingerprint density at radius 1 is 1.44 bits per heavy atom. The normalized spacial score (nSPS) is 11.7. The Labute approximate surface area is 109 Å². The van der Waals surface area contributed by atoms with Crippen molar-refractivity contribution in [3.63, 3.8) is 0 Å². The molecule has 0 atom stereocenters. The van der Waals surface area contributed by atoms with E-state index in [2.05, 4.69) is 0 Å². The molecular formula is C10H11ClFNO4S. The molecule has 0 unspecified atom stereocenters. The molecule has 0 aromatic heterocycles. The summed E-state index contributed by atoms with van der Waals surface area (Å²) >= 11 is 5.61. The number of primary sulfonamides is 1. The van der Waals surface area contributed by atoms with Gasteiger partial charge in [-0.25, -0.2) is 22.7 Å². The standard InChI is InChI=1S/C10H11ClFNO4S/c1-5(2)17-10(14)7-3-6(11)4-8(9(7)12)18(13,15)16/h3-5H,1-2H3,(H2,13,15,16). The lowest BCUT2D eigenvalue weighted by Crippen LogP contribution is -2.18. The molecule has 8 heteroatoms. The van der Waals surface area contributed by atoms with Crippen LogP contribution in [0.15, 0.2) is 17.0 Å². The Kier molecular flexibility index (Phi) is 4.31. The van der Waals surface area contributed by atoms with Crippen LogP contribution < -0.4 is 5.14 Å². The third kappa shape index (κ3) is 3.41. The SMILES string of the molecule is CC(C)OC(=O)c1cc(Cl)cc(S(N)(=O)=O)c1F. The summed E-state index contributed by atoms with van der Waals surface area (Å²) in [5.41, 5.74) is -0.569. The number of sulfonamides is 1. The monoisotopic (exact) mass is 295 g/mol. The fourth-order valence-corrected chi connectivity index (χ4v) is 2.13. The predicted molar refractivity (Wildman–Crippen MR) is 63.3 cm³/mol. The highest BCUT2D eigenvalue weighted by Gasteiger charge is 2.24. The molecule has 1 rings (SSSR count). The van der Waals surface area contributed by atoms with Crippen LogP contribution in [0.4, 0.5) is 4.39 Å². The molecule has 0 saturated heterocycles. The van der Waals surface area contributed by atoms with Crippen LogP contribution >= 0.6 is 11.6 Å². The molecule has 5 nitrogen and oxygen atoms in total. The van der Waals surface area contributed by atoms with Crippen LogP contribution in [0.2, 0.25) is 5.02 Å². The number of hydrogen-bond acceptors (Lipinski definition) is 4. The predicted octanol–water partition coefficient (Wildman–Crippen LogP) is 1.69. The van der Waals surface area contributed by atoms with Gasteiger partial charge in [0.2, 0.25) is 10.0 Å². The first-order valence-electron chi connectivity index (χ1n) is 4.85. The van der Waals surface area contributed by atoms with Crippen molar-refractivity contribution in [2.45, 2.75) is 24.8 Å². The summed E-state index contributed by atoms with van der Waals surface area (Å²) in [5.74, 6) is -2.28. The number of carbonyl (C=O) groups is 1. The number of esters is 1. The van der Waals surface area contributed by atoms with E-state index >= 15 is 0 Å². The van der Waals surface area contributed by atoms with Gasteiger partial charge < -0.3 is 4.74 Å². The highest BCUT2D eigenvalue weighted by molar-refractivity contribution is 7.89. The number of hydrogen-bond donors (Lipinski definition) is 1. The molecule has 1 aromatic carbocycles. The number of carbonyl (C=O) groups excluding carboxylic acids is 1. The van der Waals surface area contributed by atoms with Crippen LogP contribution in [-0.2, 0) is 14.8 Å². The molecule has 1 aromatic rings. The molecule has 0 aliphatic heterocycles. The van der Waals surface area contributed by atoms with Crippen LogP contribution in [0.3, 0.4) is 0 Å². The lowest BCUT2D eigenvalue weighted by atomic mass is 10.2. The smallest absolute Gasteiger partial charge is 0.341 e. The van der Waals surface area contributed by atoms with Crippen LogP contribution in [-0.4, -0.2) is 20.5 Å². The maximum Gasteiger partial charge on any atom is 0.341 e. The van der Waals surface area contributed by atoms with Crippen LogP contribution in [0, 0.1) is 5.82 Å². The highest BCUT2D eigenvalue weighted by Crippen LogP contribution is 2.23. The Bertz CT molecular complexity index is 586. The third-order valence-corrected chi connectivity index (χ3v) is 3.00. The van der Waals surface area contributed by atoms with E-state index < -0.39 is 38.4 Å². The Morgan fingerprint density at radius 3 is 2.44 bits per heavy atom. The molecule has 0 heterocycles. The first kappa shape index (κ1) is 14.9. The van der Waals surface area contributed by atoms with Crippen molar-refractivity contribution in [2.75, 3.05) is 0 Å². The Morgan fingerprint density at radius 2 is 2.00 bits per heavy atom. The maximum absolute atomic E-state index is 13.8. The van der Waals surface area contributed by atoms with Gasteiger partial charge in [0.1, 0.15) is 4.90 Å². The molecule has 0 bridgehead atoms. The van der Waals surface area contributed by atoms with Crippen molar-refractivity contribution in [3.05, 3.63) is 28.5 Å². The lowest BCUT2D eigenvalue weighted by molar-refractivity contribution is 0.0372. The van der Waals surface area contributed by atoms with Crippen molar-refractivity contribution in [3.8, 4) is 0 Å². The van der Waals surface area contributed by atoms with Crippen molar-refractivity contribution in [1.29, 1.82) is 0 Å². The second-order valence-electron chi connectivity index (χ2n) is 3.76. The molecule has 0 saturated carbocycles. The number of benzene rings is 1. The highest BCUT2D eigenvalue weighted by atomic mass is 35.5. The second-order valence-corrected chi connectivity index (χ2v) is 5.73. The summed E-state index contributed by atoms with van der Waals surface area (Å²) in [7, 11) is -4.31. The van der Waals surface area contributed by atoms with Gasteiger partial charge in [-0.15, -0.1) is 0 Å². The average Bonchev–Trinajstić information content (AvgIpc) is 2.18. The zero-order valence-corrected chi connectivity index (χ0v) is 11.2. The first-order chi connectivity index (χ1) is 8.12. The topological polar surface area (TPSA) is 86.5 Å². The molecule has 100 valence electrons. The molecule has 0 spiro atoms. The molecule has 2 N–H and O–H groups in total. The van der Waals surface area contributed by atoms with E-state index in [0.717, 1.165) is 12.1 Å². The van der Waals surface area contributed by atoms with Gasteiger partial charge in [-0.2, -0.15) is 0 Å². The maximum atomic E-state index is 13.8. The summed E-state index contributed by atoms with van der Waals surface area (Å²) < 4.78 is 40.9. The second kappa shape index (κ2) is 5.21. The minimum atomic E-state index is -4.31. The molecular weight excluding hydrogens is 285 g/mol. The van der Waals surface area contributed by atoms with E-state index in [9.17, 15) is 17.6 Å². The summed E-state index contributed by atoms with van der Waals surface area (Å²) in [4.78, 5) is 10.7.